The highest BCUT2D eigenvalue weighted by Gasteiger charge is 2.42. The van der Waals surface area contributed by atoms with E-state index in [9.17, 15) is 26.4 Å². The van der Waals surface area contributed by atoms with Crippen LogP contribution in [-0.2, 0) is 18.5 Å². The highest BCUT2D eigenvalue weighted by Crippen LogP contribution is 2.37. The standard InChI is InChI=1S/C11H7Cl2F3O6S/c12-10(4-5-20-10)22-9(17)6-2-1-3-7(21-11(14,15)16)8(6)23(13,18)19/h1-3H,4-5H2. The minimum Gasteiger partial charge on any atom is -0.414 e. The first kappa shape index (κ1) is 18.1. The van der Waals surface area contributed by atoms with Crippen molar-refractivity contribution >= 4 is 37.3 Å². The van der Waals surface area contributed by atoms with Gasteiger partial charge in [0.15, 0.2) is 0 Å². The van der Waals surface area contributed by atoms with Gasteiger partial charge in [-0.25, -0.2) is 13.2 Å². The molecule has 1 aromatic rings. The van der Waals surface area contributed by atoms with E-state index in [4.69, 9.17) is 31.8 Å². The fourth-order valence-corrected chi connectivity index (χ4v) is 3.14. The smallest absolute Gasteiger partial charge is 0.414 e. The zero-order chi connectivity index (χ0) is 17.5. The van der Waals surface area contributed by atoms with Crippen LogP contribution in [0.5, 0.6) is 5.75 Å². The molecule has 1 fully saturated rings. The SMILES string of the molecule is O=C(OC1(Cl)CCO1)c1cccc(OC(F)(F)F)c1S(=O)(=O)Cl. The first-order chi connectivity index (χ1) is 10.4. The van der Waals surface area contributed by atoms with Crippen molar-refractivity contribution in [1.29, 1.82) is 0 Å². The molecule has 0 aliphatic carbocycles. The highest BCUT2D eigenvalue weighted by molar-refractivity contribution is 8.13. The van der Waals surface area contributed by atoms with Crippen LogP contribution in [0.25, 0.3) is 0 Å². The molecule has 1 aromatic carbocycles. The van der Waals surface area contributed by atoms with Crippen molar-refractivity contribution in [2.24, 2.45) is 0 Å². The second-order valence-corrected chi connectivity index (χ2v) is 7.35. The first-order valence-corrected chi connectivity index (χ1v) is 8.50. The number of esters is 1. The Morgan fingerprint density at radius 3 is 2.39 bits per heavy atom. The van der Waals surface area contributed by atoms with Crippen LogP contribution in [-0.4, -0.2) is 32.6 Å². The lowest BCUT2D eigenvalue weighted by Gasteiger charge is -2.34. The van der Waals surface area contributed by atoms with E-state index >= 15 is 0 Å². The lowest BCUT2D eigenvalue weighted by Crippen LogP contribution is -2.42. The molecule has 0 radical (unpaired) electrons. The van der Waals surface area contributed by atoms with Gasteiger partial charge in [-0.2, -0.15) is 0 Å². The van der Waals surface area contributed by atoms with Crippen molar-refractivity contribution in [2.75, 3.05) is 6.61 Å². The van der Waals surface area contributed by atoms with Crippen LogP contribution < -0.4 is 4.74 Å². The summed E-state index contributed by atoms with van der Waals surface area (Å²) in [7, 11) is 0.350. The van der Waals surface area contributed by atoms with Crippen LogP contribution in [0.4, 0.5) is 13.2 Å². The van der Waals surface area contributed by atoms with E-state index in [0.717, 1.165) is 12.1 Å². The van der Waals surface area contributed by atoms with Gasteiger partial charge in [0.25, 0.3) is 14.3 Å². The summed E-state index contributed by atoms with van der Waals surface area (Å²) in [4.78, 5) is 10.8. The molecule has 0 aromatic heterocycles. The monoisotopic (exact) mass is 394 g/mol. The molecule has 2 rings (SSSR count). The summed E-state index contributed by atoms with van der Waals surface area (Å²) in [6.45, 7) is 0.203. The van der Waals surface area contributed by atoms with Crippen LogP contribution in [0, 0.1) is 0 Å². The van der Waals surface area contributed by atoms with Gasteiger partial charge in [-0.3, -0.25) is 0 Å². The van der Waals surface area contributed by atoms with E-state index in [1.807, 2.05) is 0 Å². The predicted molar refractivity (Wildman–Crippen MR) is 70.7 cm³/mol. The maximum atomic E-state index is 12.4. The van der Waals surface area contributed by atoms with E-state index < -0.39 is 42.8 Å². The summed E-state index contributed by atoms with van der Waals surface area (Å²) in [6, 6.07) is 2.56. The van der Waals surface area contributed by atoms with Gasteiger partial charge < -0.3 is 14.2 Å². The number of carbonyl (C=O) groups is 1. The normalized spacial score (nSPS) is 21.4. The Morgan fingerprint density at radius 1 is 1.35 bits per heavy atom. The van der Waals surface area contributed by atoms with Gasteiger partial charge in [-0.05, 0) is 23.7 Å². The fourth-order valence-electron chi connectivity index (χ4n) is 1.67. The minimum atomic E-state index is -5.19. The Labute approximate surface area is 137 Å². The molecule has 6 nitrogen and oxygen atoms in total. The molecule has 1 aliphatic heterocycles. The molecule has 0 N–H and O–H groups in total. The Kier molecular flexibility index (Phi) is 4.73. The number of benzene rings is 1. The molecule has 0 saturated carbocycles. The van der Waals surface area contributed by atoms with Crippen LogP contribution in [0.1, 0.15) is 16.8 Å². The van der Waals surface area contributed by atoms with Gasteiger partial charge in [0.05, 0.1) is 18.6 Å². The number of ether oxygens (including phenoxy) is 3. The number of rotatable bonds is 4. The van der Waals surface area contributed by atoms with Crippen molar-refractivity contribution in [3.63, 3.8) is 0 Å². The van der Waals surface area contributed by atoms with E-state index in [0.29, 0.717) is 6.07 Å². The molecule has 1 aliphatic rings. The summed E-state index contributed by atoms with van der Waals surface area (Å²) in [5.74, 6) is -2.49. The maximum Gasteiger partial charge on any atom is 0.573 e. The molecule has 0 amide bonds. The fraction of sp³-hybridized carbons (Fsp3) is 0.364. The quantitative estimate of drug-likeness (QED) is 0.443. The zero-order valence-corrected chi connectivity index (χ0v) is 13.2. The van der Waals surface area contributed by atoms with Crippen LogP contribution >= 0.6 is 22.3 Å². The summed E-state index contributed by atoms with van der Waals surface area (Å²) >= 11 is 5.71. The number of halogens is 5. The molecule has 12 heteroatoms. The second kappa shape index (κ2) is 6.00. The van der Waals surface area contributed by atoms with Gasteiger partial charge >= 0.3 is 12.3 Å². The Morgan fingerprint density at radius 2 is 1.96 bits per heavy atom. The summed E-state index contributed by atoms with van der Waals surface area (Å²) in [5, 5.41) is -1.79. The maximum absolute atomic E-state index is 12.4. The third-order valence-corrected chi connectivity index (χ3v) is 4.38. The molecule has 1 atom stereocenters. The number of carbonyl (C=O) groups excluding carboxylic acids is 1. The molecule has 0 spiro atoms. The van der Waals surface area contributed by atoms with Crippen molar-refractivity contribution < 1.29 is 40.6 Å². The molecule has 128 valence electrons. The van der Waals surface area contributed by atoms with Crippen LogP contribution in [0.2, 0.25) is 0 Å². The molecule has 1 unspecified atom stereocenters. The van der Waals surface area contributed by atoms with Crippen LogP contribution in [0.3, 0.4) is 0 Å². The zero-order valence-electron chi connectivity index (χ0n) is 10.9. The third-order valence-electron chi connectivity index (χ3n) is 2.63. The number of hydrogen-bond acceptors (Lipinski definition) is 6. The largest absolute Gasteiger partial charge is 0.573 e. The van der Waals surface area contributed by atoms with Crippen molar-refractivity contribution in [2.45, 2.75) is 22.9 Å². The lowest BCUT2D eigenvalue weighted by molar-refractivity contribution is -0.275. The average molecular weight is 395 g/mol. The summed E-state index contributed by atoms with van der Waals surface area (Å²) in [5.41, 5.74) is -0.766. The molecule has 1 heterocycles. The molecular formula is C11H7Cl2F3O6S. The third kappa shape index (κ3) is 4.40. The minimum absolute atomic E-state index is 0.127. The van der Waals surface area contributed by atoms with Gasteiger partial charge in [0, 0.05) is 10.7 Å². The van der Waals surface area contributed by atoms with E-state index in [2.05, 4.69) is 4.74 Å². The highest BCUT2D eigenvalue weighted by atomic mass is 35.7. The number of hydrogen-bond donors (Lipinski definition) is 0. The predicted octanol–water partition coefficient (Wildman–Crippen LogP) is 2.98. The Balaban J connectivity index is 2.46. The first-order valence-electron chi connectivity index (χ1n) is 5.81. The summed E-state index contributed by atoms with van der Waals surface area (Å²) < 4.78 is 73.3. The molecular weight excluding hydrogens is 388 g/mol. The van der Waals surface area contributed by atoms with Crippen LogP contribution in [0.15, 0.2) is 23.1 Å². The lowest BCUT2D eigenvalue weighted by atomic mass is 10.2. The molecule has 0 bridgehead atoms. The average Bonchev–Trinajstić information content (AvgIpc) is 2.33. The molecule has 23 heavy (non-hydrogen) atoms. The van der Waals surface area contributed by atoms with E-state index in [1.54, 1.807) is 0 Å². The topological polar surface area (TPSA) is 78.9 Å². The van der Waals surface area contributed by atoms with Crippen molar-refractivity contribution in [1.82, 2.24) is 0 Å². The number of alkyl halides is 4. The Bertz CT molecular complexity index is 730. The van der Waals surface area contributed by atoms with E-state index in [-0.39, 0.29) is 13.0 Å². The van der Waals surface area contributed by atoms with Gasteiger partial charge in [0.2, 0.25) is 0 Å². The van der Waals surface area contributed by atoms with E-state index in [1.165, 1.54) is 0 Å². The van der Waals surface area contributed by atoms with Gasteiger partial charge in [-0.15, -0.1) is 13.2 Å². The van der Waals surface area contributed by atoms with Gasteiger partial charge in [0.1, 0.15) is 10.6 Å². The van der Waals surface area contributed by atoms with Gasteiger partial charge in [-0.1, -0.05) is 6.07 Å². The van der Waals surface area contributed by atoms with Crippen molar-refractivity contribution in [3.05, 3.63) is 23.8 Å². The second-order valence-electron chi connectivity index (χ2n) is 4.27. The summed E-state index contributed by atoms with van der Waals surface area (Å²) in [6.07, 6.45) is -5.06. The Hall–Kier alpha value is -1.23. The molecule has 1 saturated heterocycles. The van der Waals surface area contributed by atoms with Crippen molar-refractivity contribution in [3.8, 4) is 5.75 Å².